The summed E-state index contributed by atoms with van der Waals surface area (Å²) in [6.07, 6.45) is 9.35. The maximum absolute atomic E-state index is 2.51. The summed E-state index contributed by atoms with van der Waals surface area (Å²) in [6, 6.07) is 0. The molecule has 1 saturated carbocycles. The highest BCUT2D eigenvalue weighted by molar-refractivity contribution is 4.97. The quantitative estimate of drug-likeness (QED) is 0.601. The normalized spacial score (nSPS) is 20.9. The summed E-state index contributed by atoms with van der Waals surface area (Å²) in [7, 11) is 2.26. The molecule has 112 valence electrons. The van der Waals surface area contributed by atoms with E-state index in [0.29, 0.717) is 0 Å². The Bertz CT molecular complexity index is 273. The van der Waals surface area contributed by atoms with Gasteiger partial charge in [-0.3, -0.25) is 0 Å². The number of rotatable bonds is 7. The first-order chi connectivity index (χ1) is 8.97. The lowest BCUT2D eigenvalue weighted by atomic mass is 9.76. The average molecular weight is 265 g/mol. The zero-order chi connectivity index (χ0) is 14.4. The third kappa shape index (κ3) is 4.85. The highest BCUT2D eigenvalue weighted by atomic mass is 15.1. The minimum absolute atomic E-state index is 0.785. The monoisotopic (exact) mass is 265 g/mol. The molecule has 1 fully saturated rings. The molecule has 0 N–H and O–H groups in total. The summed E-state index contributed by atoms with van der Waals surface area (Å²) < 4.78 is 0. The van der Waals surface area contributed by atoms with E-state index in [1.54, 1.807) is 0 Å². The van der Waals surface area contributed by atoms with Gasteiger partial charge in [-0.15, -0.1) is 0 Å². The van der Waals surface area contributed by atoms with Crippen molar-refractivity contribution in [3.05, 3.63) is 11.8 Å². The first-order valence-electron chi connectivity index (χ1n) is 8.35. The van der Waals surface area contributed by atoms with Gasteiger partial charge in [0, 0.05) is 19.3 Å². The highest BCUT2D eigenvalue weighted by Crippen LogP contribution is 2.38. The molecule has 1 aliphatic carbocycles. The van der Waals surface area contributed by atoms with E-state index in [0.717, 1.165) is 30.1 Å². The zero-order valence-corrected chi connectivity index (χ0v) is 14.1. The first-order valence-corrected chi connectivity index (χ1v) is 8.35. The number of nitrogens with zero attached hydrogens (tertiary/aromatic N) is 1. The second-order valence-corrected chi connectivity index (χ2v) is 6.95. The summed E-state index contributed by atoms with van der Waals surface area (Å²) in [4.78, 5) is 2.47. The van der Waals surface area contributed by atoms with E-state index in [2.05, 4.69) is 52.6 Å². The molecule has 1 nitrogen and oxygen atoms in total. The Morgan fingerprint density at radius 2 is 1.79 bits per heavy atom. The van der Waals surface area contributed by atoms with Gasteiger partial charge >= 0.3 is 0 Å². The van der Waals surface area contributed by atoms with Crippen molar-refractivity contribution < 1.29 is 0 Å². The first kappa shape index (κ1) is 16.6. The van der Waals surface area contributed by atoms with Crippen molar-refractivity contribution in [3.8, 4) is 0 Å². The molecule has 2 unspecified atom stereocenters. The van der Waals surface area contributed by atoms with Gasteiger partial charge < -0.3 is 4.90 Å². The van der Waals surface area contributed by atoms with E-state index in [-0.39, 0.29) is 0 Å². The van der Waals surface area contributed by atoms with E-state index >= 15 is 0 Å². The Hall–Kier alpha value is -0.460. The molecule has 0 amide bonds. The van der Waals surface area contributed by atoms with Crippen LogP contribution in [-0.2, 0) is 0 Å². The summed E-state index contributed by atoms with van der Waals surface area (Å²) >= 11 is 0. The molecule has 0 saturated heterocycles. The van der Waals surface area contributed by atoms with Gasteiger partial charge in [0.2, 0.25) is 0 Å². The van der Waals surface area contributed by atoms with Gasteiger partial charge in [0.05, 0.1) is 0 Å². The molecule has 0 heterocycles. The molecule has 2 atom stereocenters. The van der Waals surface area contributed by atoms with Gasteiger partial charge in [0.1, 0.15) is 0 Å². The van der Waals surface area contributed by atoms with Crippen LogP contribution in [0, 0.1) is 23.7 Å². The van der Waals surface area contributed by atoms with Crippen molar-refractivity contribution in [2.24, 2.45) is 23.7 Å². The van der Waals surface area contributed by atoms with Gasteiger partial charge in [-0.1, -0.05) is 59.5 Å². The molecular weight excluding hydrogens is 230 g/mol. The van der Waals surface area contributed by atoms with Crippen molar-refractivity contribution in [3.63, 3.8) is 0 Å². The van der Waals surface area contributed by atoms with Crippen molar-refractivity contribution in [1.82, 2.24) is 4.90 Å². The summed E-state index contributed by atoms with van der Waals surface area (Å²) in [5, 5.41) is 0. The highest BCUT2D eigenvalue weighted by Gasteiger charge is 2.30. The average Bonchev–Trinajstić information content (AvgIpc) is 2.88. The molecule has 0 aromatic rings. The van der Waals surface area contributed by atoms with E-state index in [1.165, 1.54) is 37.9 Å². The fraction of sp³-hybridized carbons (Fsp3) is 0.889. The fourth-order valence-electron chi connectivity index (χ4n) is 3.73. The number of hydrogen-bond acceptors (Lipinski definition) is 1. The zero-order valence-electron chi connectivity index (χ0n) is 14.1. The van der Waals surface area contributed by atoms with Crippen LogP contribution in [0.1, 0.15) is 66.7 Å². The lowest BCUT2D eigenvalue weighted by molar-refractivity contribution is 0.156. The lowest BCUT2D eigenvalue weighted by Crippen LogP contribution is -2.34. The van der Waals surface area contributed by atoms with E-state index < -0.39 is 0 Å². The standard InChI is InChI=1S/C18H35N/c1-7-10-15(4)19(6)13-18(14(2)3)16(5)17-11-8-9-12-17/h10,14,16-18H,7-9,11-13H2,1-6H3/b15-10+. The molecule has 1 rings (SSSR count). The predicted molar refractivity (Wildman–Crippen MR) is 86.1 cm³/mol. The Morgan fingerprint density at radius 1 is 1.21 bits per heavy atom. The Morgan fingerprint density at radius 3 is 2.26 bits per heavy atom. The van der Waals surface area contributed by atoms with E-state index in [1.807, 2.05) is 0 Å². The van der Waals surface area contributed by atoms with Crippen LogP contribution >= 0.6 is 0 Å². The molecule has 1 heteroatoms. The maximum Gasteiger partial charge on any atom is 0.0204 e. The van der Waals surface area contributed by atoms with Crippen molar-refractivity contribution in [1.29, 1.82) is 0 Å². The van der Waals surface area contributed by atoms with Gasteiger partial charge in [-0.25, -0.2) is 0 Å². The van der Waals surface area contributed by atoms with Gasteiger partial charge in [-0.05, 0) is 37.0 Å². The van der Waals surface area contributed by atoms with Gasteiger partial charge in [-0.2, -0.15) is 0 Å². The van der Waals surface area contributed by atoms with Crippen LogP contribution < -0.4 is 0 Å². The molecule has 0 bridgehead atoms. The van der Waals surface area contributed by atoms with Crippen LogP contribution in [0.4, 0.5) is 0 Å². The van der Waals surface area contributed by atoms with Crippen LogP contribution in [0.15, 0.2) is 11.8 Å². The minimum atomic E-state index is 0.785. The molecule has 19 heavy (non-hydrogen) atoms. The largest absolute Gasteiger partial charge is 0.378 e. The van der Waals surface area contributed by atoms with Crippen molar-refractivity contribution >= 4 is 0 Å². The van der Waals surface area contributed by atoms with Crippen LogP contribution in [0.25, 0.3) is 0 Å². The topological polar surface area (TPSA) is 3.24 Å². The van der Waals surface area contributed by atoms with Gasteiger partial charge in [0.15, 0.2) is 0 Å². The van der Waals surface area contributed by atoms with Crippen molar-refractivity contribution in [2.45, 2.75) is 66.7 Å². The Balaban J connectivity index is 2.64. The van der Waals surface area contributed by atoms with E-state index in [9.17, 15) is 0 Å². The molecule has 0 aromatic carbocycles. The predicted octanol–water partition coefficient (Wildman–Crippen LogP) is 5.33. The van der Waals surface area contributed by atoms with Crippen LogP contribution in [0.2, 0.25) is 0 Å². The van der Waals surface area contributed by atoms with Crippen molar-refractivity contribution in [2.75, 3.05) is 13.6 Å². The molecule has 0 aromatic heterocycles. The number of allylic oxidation sites excluding steroid dienone is 2. The Labute approximate surface area is 121 Å². The second-order valence-electron chi connectivity index (χ2n) is 6.95. The minimum Gasteiger partial charge on any atom is -0.378 e. The van der Waals surface area contributed by atoms with E-state index in [4.69, 9.17) is 0 Å². The summed E-state index contributed by atoms with van der Waals surface area (Å²) in [5.41, 5.74) is 1.44. The third-order valence-electron chi connectivity index (χ3n) is 5.26. The molecule has 1 aliphatic rings. The lowest BCUT2D eigenvalue weighted by Gasteiger charge is -2.36. The molecular formula is C18H35N. The van der Waals surface area contributed by atoms with Crippen LogP contribution in [-0.4, -0.2) is 18.5 Å². The maximum atomic E-state index is 2.51. The fourth-order valence-corrected chi connectivity index (χ4v) is 3.73. The number of hydrogen-bond donors (Lipinski definition) is 0. The summed E-state index contributed by atoms with van der Waals surface area (Å²) in [5.74, 6) is 3.47. The molecule has 0 aliphatic heterocycles. The molecule has 0 spiro atoms. The SMILES string of the molecule is CC/C=C(\C)N(C)CC(C(C)C)C(C)C1CCCC1. The second kappa shape index (κ2) is 7.97. The van der Waals surface area contributed by atoms with Crippen LogP contribution in [0.5, 0.6) is 0 Å². The Kier molecular flexibility index (Phi) is 6.96. The third-order valence-corrected chi connectivity index (χ3v) is 5.26. The smallest absolute Gasteiger partial charge is 0.0204 e. The summed E-state index contributed by atoms with van der Waals surface area (Å²) in [6.45, 7) is 13.0. The molecule has 0 radical (unpaired) electrons. The van der Waals surface area contributed by atoms with Gasteiger partial charge in [0.25, 0.3) is 0 Å². The van der Waals surface area contributed by atoms with Crippen LogP contribution in [0.3, 0.4) is 0 Å².